The van der Waals surface area contributed by atoms with Gasteiger partial charge in [0.25, 0.3) is 11.1 Å². The second-order valence-electron chi connectivity index (χ2n) is 15.7. The quantitative estimate of drug-likeness (QED) is 0.0265. The molecule has 2 aliphatic rings. The molecule has 26 heteroatoms. The zero-order valence-electron chi connectivity index (χ0n) is 37.3. The number of aliphatic hydroxyl groups excluding tert-OH is 3. The first-order valence-electron chi connectivity index (χ1n) is 21.7. The first-order valence-corrected chi connectivity index (χ1v) is 21.7. The molecular formula is C40H60N12O14. The number of aromatic nitrogens is 8. The van der Waals surface area contributed by atoms with Crippen molar-refractivity contribution in [3.63, 3.8) is 0 Å². The summed E-state index contributed by atoms with van der Waals surface area (Å²) in [5.74, 6) is -1.43. The van der Waals surface area contributed by atoms with Crippen LogP contribution in [0.5, 0.6) is 0 Å². The van der Waals surface area contributed by atoms with Crippen LogP contribution in [0, 0.1) is 0 Å². The Labute approximate surface area is 377 Å². The highest BCUT2D eigenvalue weighted by Gasteiger charge is 2.51. The lowest BCUT2D eigenvalue weighted by Gasteiger charge is -2.23. The smallest absolute Gasteiger partial charge is 0.303 e. The number of fused-ring (bicyclic) bond motifs is 2. The number of carbonyl (C=O) groups excluding carboxylic acids is 4. The largest absolute Gasteiger partial charge is 0.463 e. The summed E-state index contributed by atoms with van der Waals surface area (Å²) in [7, 11) is 0. The molecule has 0 spiro atoms. The van der Waals surface area contributed by atoms with E-state index in [0.717, 1.165) is 51.4 Å². The zero-order chi connectivity index (χ0) is 47.9. The van der Waals surface area contributed by atoms with E-state index in [4.69, 9.17) is 29.4 Å². The van der Waals surface area contributed by atoms with Gasteiger partial charge in [-0.05, 0) is 32.2 Å². The molecule has 26 nitrogen and oxygen atoms in total. The summed E-state index contributed by atoms with van der Waals surface area (Å²) in [5, 5.41) is 38.3. The number of rotatable bonds is 22. The van der Waals surface area contributed by atoms with E-state index in [1.165, 1.54) is 49.5 Å². The summed E-state index contributed by atoms with van der Waals surface area (Å²) in [6.45, 7) is 6.88. The minimum Gasteiger partial charge on any atom is -0.463 e. The maximum absolute atomic E-state index is 12.7. The summed E-state index contributed by atoms with van der Waals surface area (Å²) in [6.07, 6.45) is 1.42. The number of amides is 1. The van der Waals surface area contributed by atoms with Crippen molar-refractivity contribution in [1.82, 2.24) is 44.4 Å². The molecular weight excluding hydrogens is 873 g/mol. The van der Waals surface area contributed by atoms with E-state index in [1.807, 2.05) is 0 Å². The summed E-state index contributed by atoms with van der Waals surface area (Å²) in [5.41, 5.74) is 5.04. The number of imidazole rings is 2. The Balaban J connectivity index is 0.000000264. The Morgan fingerprint density at radius 2 is 1.20 bits per heavy atom. The van der Waals surface area contributed by atoms with Crippen molar-refractivity contribution in [2.24, 2.45) is 5.73 Å². The maximum Gasteiger partial charge on any atom is 0.303 e. The molecule has 0 bridgehead atoms. The highest BCUT2D eigenvalue weighted by atomic mass is 16.7. The van der Waals surface area contributed by atoms with Gasteiger partial charge in [0.1, 0.15) is 31.0 Å². The van der Waals surface area contributed by atoms with E-state index in [0.29, 0.717) is 32.1 Å². The number of hydrogen-bond acceptors (Lipinski definition) is 21. The van der Waals surface area contributed by atoms with Gasteiger partial charge in [-0.15, -0.1) is 0 Å². The normalized spacial score (nSPS) is 22.4. The average Bonchev–Trinajstić information content (AvgIpc) is 4.03. The Morgan fingerprint density at radius 1 is 0.697 bits per heavy atom. The van der Waals surface area contributed by atoms with Gasteiger partial charge >= 0.3 is 17.9 Å². The average molecular weight is 933 g/mol. The monoisotopic (exact) mass is 932 g/mol. The van der Waals surface area contributed by atoms with Gasteiger partial charge in [-0.25, -0.2) is 9.97 Å². The molecule has 2 aliphatic heterocycles. The number of unbranched alkanes of at least 4 members (excludes halogenated alkanes) is 6. The van der Waals surface area contributed by atoms with Crippen LogP contribution in [0.2, 0.25) is 0 Å². The van der Waals surface area contributed by atoms with E-state index in [1.54, 1.807) is 0 Å². The van der Waals surface area contributed by atoms with Crippen LogP contribution in [-0.4, -0.2) is 154 Å². The summed E-state index contributed by atoms with van der Waals surface area (Å²) < 4.78 is 30.2. The summed E-state index contributed by atoms with van der Waals surface area (Å²) in [4.78, 5) is 93.3. The van der Waals surface area contributed by atoms with E-state index in [9.17, 15) is 44.1 Å². The number of hydrogen-bond donors (Lipinski definition) is 9. The lowest BCUT2D eigenvalue weighted by atomic mass is 10.1. The number of H-pyrrole nitrogens is 2. The minimum absolute atomic E-state index is 0.0242. The van der Waals surface area contributed by atoms with Gasteiger partial charge in [0.05, 0.1) is 19.3 Å². The van der Waals surface area contributed by atoms with Crippen LogP contribution in [0.4, 0.5) is 11.9 Å². The van der Waals surface area contributed by atoms with Crippen LogP contribution in [0.3, 0.4) is 0 Å². The van der Waals surface area contributed by atoms with E-state index < -0.39 is 84.7 Å². The Bertz CT molecular complexity index is 2370. The van der Waals surface area contributed by atoms with Crippen molar-refractivity contribution in [3.05, 3.63) is 33.4 Å². The van der Waals surface area contributed by atoms with Crippen LogP contribution in [0.25, 0.3) is 22.3 Å². The molecule has 8 atom stereocenters. The topological polar surface area (TPSA) is 364 Å². The molecule has 4 aromatic rings. The molecule has 0 aromatic carbocycles. The Morgan fingerprint density at radius 3 is 1.68 bits per heavy atom. The van der Waals surface area contributed by atoms with E-state index in [2.05, 4.69) is 45.9 Å². The fourth-order valence-electron chi connectivity index (χ4n) is 7.32. The molecule has 66 heavy (non-hydrogen) atoms. The maximum atomic E-state index is 12.7. The van der Waals surface area contributed by atoms with E-state index in [-0.39, 0.29) is 40.8 Å². The molecule has 0 radical (unpaired) electrons. The van der Waals surface area contributed by atoms with Gasteiger partial charge in [0.2, 0.25) is 17.8 Å². The number of carbonyl (C=O) groups is 4. The van der Waals surface area contributed by atoms with Gasteiger partial charge < -0.3 is 60.7 Å². The van der Waals surface area contributed by atoms with Crippen LogP contribution < -0.4 is 32.8 Å². The van der Waals surface area contributed by atoms with Crippen molar-refractivity contribution in [1.29, 1.82) is 0 Å². The Kier molecular flexibility index (Phi) is 18.9. The number of ether oxygens (including phenoxy) is 5. The van der Waals surface area contributed by atoms with Crippen molar-refractivity contribution in [2.45, 2.75) is 128 Å². The zero-order valence-corrected chi connectivity index (χ0v) is 37.3. The summed E-state index contributed by atoms with van der Waals surface area (Å²) >= 11 is 0. The fourth-order valence-corrected chi connectivity index (χ4v) is 7.32. The number of esters is 3. The van der Waals surface area contributed by atoms with Gasteiger partial charge in [-0.1, -0.05) is 25.7 Å². The fraction of sp³-hybridized carbons (Fsp3) is 0.650. The Hall–Kier alpha value is -6.06. The van der Waals surface area contributed by atoms with E-state index >= 15 is 0 Å². The van der Waals surface area contributed by atoms with Crippen molar-refractivity contribution >= 4 is 58.0 Å². The number of anilines is 2. The van der Waals surface area contributed by atoms with Crippen LogP contribution in [0.1, 0.15) is 91.5 Å². The van der Waals surface area contributed by atoms with Crippen LogP contribution in [-0.2, 0) is 42.9 Å². The first-order chi connectivity index (χ1) is 31.6. The van der Waals surface area contributed by atoms with Gasteiger partial charge in [0.15, 0.2) is 47.0 Å². The third-order valence-electron chi connectivity index (χ3n) is 10.5. The second kappa shape index (κ2) is 24.5. The minimum atomic E-state index is -1.28. The van der Waals surface area contributed by atoms with Crippen LogP contribution >= 0.6 is 0 Å². The molecule has 0 saturated carbocycles. The molecule has 364 valence electrons. The van der Waals surface area contributed by atoms with Crippen molar-refractivity contribution in [2.75, 3.05) is 50.0 Å². The highest BCUT2D eigenvalue weighted by Crippen LogP contribution is 2.36. The molecule has 2 unspecified atom stereocenters. The van der Waals surface area contributed by atoms with Crippen molar-refractivity contribution in [3.8, 4) is 0 Å². The third-order valence-corrected chi connectivity index (χ3v) is 10.5. The number of aromatic amines is 2. The lowest BCUT2D eigenvalue weighted by Crippen LogP contribution is -2.40. The predicted octanol–water partition coefficient (Wildman–Crippen LogP) is -0.786. The molecule has 6 heterocycles. The SMILES string of the molecule is CC(=O)NCCCCCCNc1nc2c(ncn2[C@@H]2O[C@H](COC(C)=O)[C@H](OC(C)=O)C2OC(C)=O)c(=O)[nH]1.NCCCCCCNc1nc2c(ncn2[C@@H]2O[C@H](CO)[C@H](O)C2O)c(=O)[nH]1. The van der Waals surface area contributed by atoms with Gasteiger partial charge in [-0.2, -0.15) is 9.97 Å². The molecule has 4 aromatic heterocycles. The number of nitrogens with two attached hydrogens (primary N) is 1. The molecule has 2 saturated heterocycles. The third kappa shape index (κ3) is 13.5. The molecule has 6 rings (SSSR count). The molecule has 2 fully saturated rings. The molecule has 10 N–H and O–H groups in total. The highest BCUT2D eigenvalue weighted by molar-refractivity contribution is 5.73. The molecule has 0 aliphatic carbocycles. The second-order valence-corrected chi connectivity index (χ2v) is 15.7. The lowest BCUT2D eigenvalue weighted by molar-refractivity contribution is -0.166. The first kappa shape index (κ1) is 50.9. The number of nitrogens with zero attached hydrogens (tertiary/aromatic N) is 6. The predicted molar refractivity (Wildman–Crippen MR) is 233 cm³/mol. The van der Waals surface area contributed by atoms with Gasteiger partial charge in [0, 0.05) is 47.3 Å². The standard InChI is InChI=1S/C24H34N6O9.C16H26N6O5/c1-13(31)25-9-7-5-6-8-10-26-24-28-21-18(22(35)29-24)27-12-30(21)23-20(38-16(4)34)19(37-15(3)33)17(39-23)11-36-14(2)32;17-5-3-1-2-4-6-18-16-20-13-10(14(26)21-16)19-8-22(13)15-12(25)11(24)9(7-23)27-15/h12,17,19-20,23H,5-11H2,1-4H3,(H,25,31)(H2,26,28,29,35);8-9,11-12,15,23-25H,1-7,17H2,(H2,18,20,21,26)/t17-,19+,20?,23-;9-,11+,12?,15-/m11/s1. The van der Waals surface area contributed by atoms with Gasteiger partial charge in [-0.3, -0.25) is 47.9 Å². The number of nitrogens with one attached hydrogen (secondary N) is 5. The number of aliphatic hydroxyl groups is 3. The summed E-state index contributed by atoms with van der Waals surface area (Å²) in [6, 6.07) is 0. The molecule has 1 amide bonds. The van der Waals surface area contributed by atoms with Crippen molar-refractivity contribution < 1.29 is 58.2 Å². The van der Waals surface area contributed by atoms with Crippen LogP contribution in [0.15, 0.2) is 22.2 Å².